The van der Waals surface area contributed by atoms with E-state index in [0.29, 0.717) is 25.7 Å². The van der Waals surface area contributed by atoms with Gasteiger partial charge in [0.1, 0.15) is 6.61 Å². The van der Waals surface area contributed by atoms with E-state index in [1.54, 1.807) is 0 Å². The Morgan fingerprint density at radius 2 is 1.68 bits per heavy atom. The maximum atomic E-state index is 5.55. The molecule has 0 aliphatic rings. The predicted octanol–water partition coefficient (Wildman–Crippen LogP) is 1.29. The molecular formula is C12H22N4O3. The average molecular weight is 270 g/mol. The lowest BCUT2D eigenvalue weighted by atomic mass is 10.2. The minimum atomic E-state index is -0.0379. The minimum absolute atomic E-state index is 0.0379. The molecule has 1 aromatic heterocycles. The monoisotopic (exact) mass is 270 g/mol. The summed E-state index contributed by atoms with van der Waals surface area (Å²) in [6.07, 6.45) is -0.0379. The lowest BCUT2D eigenvalue weighted by Crippen LogP contribution is -2.14. The molecule has 0 aliphatic heterocycles. The summed E-state index contributed by atoms with van der Waals surface area (Å²) in [5, 5.41) is 0. The molecule has 1 rings (SSSR count). The highest BCUT2D eigenvalue weighted by Crippen LogP contribution is 2.12. The fraction of sp³-hybridized carbons (Fsp3) is 0.750. The number of ether oxygens (including phenoxy) is 3. The Balaban J connectivity index is 2.42. The van der Waals surface area contributed by atoms with Gasteiger partial charge in [-0.15, -0.1) is 4.98 Å². The van der Waals surface area contributed by atoms with Crippen molar-refractivity contribution in [3.8, 4) is 12.0 Å². The Labute approximate surface area is 113 Å². The third-order valence-corrected chi connectivity index (χ3v) is 1.86. The zero-order chi connectivity index (χ0) is 14.3. The molecule has 0 bridgehead atoms. The van der Waals surface area contributed by atoms with Crippen molar-refractivity contribution in [1.29, 1.82) is 0 Å². The Kier molecular flexibility index (Phi) is 6.27. The number of nitrogen functional groups attached to an aromatic ring is 1. The van der Waals surface area contributed by atoms with Crippen LogP contribution in [0.2, 0.25) is 0 Å². The average Bonchev–Trinajstić information content (AvgIpc) is 2.26. The normalized spacial score (nSPS) is 11.1. The van der Waals surface area contributed by atoms with Gasteiger partial charge in [0.05, 0.1) is 12.7 Å². The van der Waals surface area contributed by atoms with Crippen molar-refractivity contribution >= 4 is 5.95 Å². The molecule has 0 aliphatic carbocycles. The largest absolute Gasteiger partial charge is 0.461 e. The van der Waals surface area contributed by atoms with Crippen LogP contribution >= 0.6 is 0 Å². The molecule has 0 spiro atoms. The van der Waals surface area contributed by atoms with E-state index in [2.05, 4.69) is 28.8 Å². The molecule has 19 heavy (non-hydrogen) atoms. The van der Waals surface area contributed by atoms with Gasteiger partial charge in [-0.3, -0.25) is 0 Å². The maximum Gasteiger partial charge on any atom is 0.324 e. The Morgan fingerprint density at radius 3 is 2.32 bits per heavy atom. The van der Waals surface area contributed by atoms with Crippen molar-refractivity contribution in [3.05, 3.63) is 0 Å². The molecule has 1 heterocycles. The first-order chi connectivity index (χ1) is 8.97. The topological polar surface area (TPSA) is 92.4 Å². The molecule has 7 heteroatoms. The molecule has 0 radical (unpaired) electrons. The van der Waals surface area contributed by atoms with Crippen molar-refractivity contribution in [2.75, 3.05) is 25.6 Å². The second-order valence-corrected chi connectivity index (χ2v) is 4.74. The minimum Gasteiger partial charge on any atom is -0.461 e. The zero-order valence-electron chi connectivity index (χ0n) is 11.9. The quantitative estimate of drug-likeness (QED) is 0.711. The van der Waals surface area contributed by atoms with E-state index in [4.69, 9.17) is 19.9 Å². The van der Waals surface area contributed by atoms with Crippen molar-refractivity contribution in [3.63, 3.8) is 0 Å². The van der Waals surface area contributed by atoms with Gasteiger partial charge in [0.15, 0.2) is 0 Å². The van der Waals surface area contributed by atoms with Crippen LogP contribution in [0.15, 0.2) is 0 Å². The van der Waals surface area contributed by atoms with E-state index in [1.165, 1.54) is 0 Å². The van der Waals surface area contributed by atoms with E-state index in [9.17, 15) is 0 Å². The Bertz CT molecular complexity index is 385. The molecule has 0 saturated carbocycles. The van der Waals surface area contributed by atoms with Gasteiger partial charge < -0.3 is 19.9 Å². The number of nitrogens with two attached hydrogens (primary N) is 1. The first-order valence-electron chi connectivity index (χ1n) is 6.36. The Hall–Kier alpha value is -1.63. The van der Waals surface area contributed by atoms with Crippen LogP contribution in [-0.2, 0) is 4.74 Å². The van der Waals surface area contributed by atoms with Gasteiger partial charge in [-0.25, -0.2) is 0 Å². The number of hydrogen-bond acceptors (Lipinski definition) is 7. The van der Waals surface area contributed by atoms with E-state index >= 15 is 0 Å². The molecule has 0 atom stereocenters. The van der Waals surface area contributed by atoms with Crippen LogP contribution in [0.4, 0.5) is 5.95 Å². The SMILES string of the molecule is CC(C)COCCOc1nc(N)nc(OC(C)C)n1. The summed E-state index contributed by atoms with van der Waals surface area (Å²) in [5.74, 6) is 0.572. The number of nitrogens with zero attached hydrogens (tertiary/aromatic N) is 3. The molecule has 0 fully saturated rings. The van der Waals surface area contributed by atoms with Crippen molar-refractivity contribution < 1.29 is 14.2 Å². The molecular weight excluding hydrogens is 248 g/mol. The standard InChI is InChI=1S/C12H22N4O3/c1-8(2)7-17-5-6-18-11-14-10(13)15-12(16-11)19-9(3)4/h8-9H,5-7H2,1-4H3,(H2,13,14,15,16). The lowest BCUT2D eigenvalue weighted by molar-refractivity contribution is 0.0786. The van der Waals surface area contributed by atoms with Crippen LogP contribution in [0.3, 0.4) is 0 Å². The third-order valence-electron chi connectivity index (χ3n) is 1.86. The molecule has 2 N–H and O–H groups in total. The van der Waals surface area contributed by atoms with E-state index < -0.39 is 0 Å². The fourth-order valence-electron chi connectivity index (χ4n) is 1.19. The van der Waals surface area contributed by atoms with Gasteiger partial charge in [-0.1, -0.05) is 13.8 Å². The number of anilines is 1. The van der Waals surface area contributed by atoms with Crippen LogP contribution < -0.4 is 15.2 Å². The molecule has 0 saturated heterocycles. The van der Waals surface area contributed by atoms with Crippen LogP contribution in [-0.4, -0.2) is 40.9 Å². The predicted molar refractivity (Wildman–Crippen MR) is 71.2 cm³/mol. The summed E-state index contributed by atoms with van der Waals surface area (Å²) >= 11 is 0. The summed E-state index contributed by atoms with van der Waals surface area (Å²) in [6.45, 7) is 9.46. The van der Waals surface area contributed by atoms with Gasteiger partial charge in [0.2, 0.25) is 5.95 Å². The second kappa shape index (κ2) is 7.73. The Morgan fingerprint density at radius 1 is 1.00 bits per heavy atom. The summed E-state index contributed by atoms with van der Waals surface area (Å²) in [6, 6.07) is 0.317. The number of rotatable bonds is 8. The number of aromatic nitrogens is 3. The first-order valence-corrected chi connectivity index (χ1v) is 6.36. The van der Waals surface area contributed by atoms with Gasteiger partial charge in [0, 0.05) is 6.61 Å². The van der Waals surface area contributed by atoms with E-state index in [0.717, 1.165) is 0 Å². The van der Waals surface area contributed by atoms with Crippen molar-refractivity contribution in [2.45, 2.75) is 33.8 Å². The first kappa shape index (κ1) is 15.4. The van der Waals surface area contributed by atoms with Gasteiger partial charge in [-0.05, 0) is 19.8 Å². The van der Waals surface area contributed by atoms with Gasteiger partial charge in [-0.2, -0.15) is 9.97 Å². The zero-order valence-corrected chi connectivity index (χ0v) is 11.9. The van der Waals surface area contributed by atoms with Crippen LogP contribution in [0, 0.1) is 5.92 Å². The summed E-state index contributed by atoms with van der Waals surface area (Å²) in [7, 11) is 0. The van der Waals surface area contributed by atoms with Crippen LogP contribution in [0.1, 0.15) is 27.7 Å². The highest BCUT2D eigenvalue weighted by Gasteiger charge is 2.08. The van der Waals surface area contributed by atoms with Crippen LogP contribution in [0.25, 0.3) is 0 Å². The second-order valence-electron chi connectivity index (χ2n) is 4.74. The molecule has 7 nitrogen and oxygen atoms in total. The molecule has 0 aromatic carbocycles. The summed E-state index contributed by atoms with van der Waals surface area (Å²) in [5.41, 5.74) is 5.55. The van der Waals surface area contributed by atoms with E-state index in [-0.39, 0.29) is 24.1 Å². The highest BCUT2D eigenvalue weighted by atomic mass is 16.5. The summed E-state index contributed by atoms with van der Waals surface area (Å²) in [4.78, 5) is 11.7. The molecule has 108 valence electrons. The number of hydrogen-bond donors (Lipinski definition) is 1. The highest BCUT2D eigenvalue weighted by molar-refractivity contribution is 5.20. The maximum absolute atomic E-state index is 5.55. The van der Waals surface area contributed by atoms with Gasteiger partial charge >= 0.3 is 12.0 Å². The third kappa shape index (κ3) is 6.76. The molecule has 1 aromatic rings. The summed E-state index contributed by atoms with van der Waals surface area (Å²) < 4.78 is 16.1. The molecule has 0 amide bonds. The van der Waals surface area contributed by atoms with Crippen molar-refractivity contribution in [2.24, 2.45) is 5.92 Å². The lowest BCUT2D eigenvalue weighted by Gasteiger charge is -2.10. The van der Waals surface area contributed by atoms with Crippen molar-refractivity contribution in [1.82, 2.24) is 15.0 Å². The fourth-order valence-corrected chi connectivity index (χ4v) is 1.19. The smallest absolute Gasteiger partial charge is 0.324 e. The van der Waals surface area contributed by atoms with E-state index in [1.807, 2.05) is 13.8 Å². The van der Waals surface area contributed by atoms with Crippen LogP contribution in [0.5, 0.6) is 12.0 Å². The molecule has 0 unspecified atom stereocenters. The van der Waals surface area contributed by atoms with Gasteiger partial charge in [0.25, 0.3) is 0 Å².